The largest absolute Gasteiger partial charge is 0.328 e. The van der Waals surface area contributed by atoms with E-state index in [9.17, 15) is 4.79 Å². The second-order valence-corrected chi connectivity index (χ2v) is 5.88. The van der Waals surface area contributed by atoms with Crippen LogP contribution in [0, 0.1) is 13.8 Å². The van der Waals surface area contributed by atoms with Crippen molar-refractivity contribution in [3.8, 4) is 0 Å². The van der Waals surface area contributed by atoms with Crippen molar-refractivity contribution in [2.24, 2.45) is 5.73 Å². The van der Waals surface area contributed by atoms with Crippen LogP contribution < -0.4 is 11.1 Å². The van der Waals surface area contributed by atoms with Crippen LogP contribution in [0.25, 0.3) is 0 Å². The van der Waals surface area contributed by atoms with Gasteiger partial charge < -0.3 is 11.1 Å². The van der Waals surface area contributed by atoms with Crippen LogP contribution in [0.15, 0.2) is 12.1 Å². The van der Waals surface area contributed by atoms with E-state index in [4.69, 9.17) is 5.73 Å². The van der Waals surface area contributed by atoms with Crippen molar-refractivity contribution < 1.29 is 4.79 Å². The molecule has 0 saturated heterocycles. The van der Waals surface area contributed by atoms with E-state index >= 15 is 0 Å². The molecule has 1 aromatic rings. The Labute approximate surface area is 108 Å². The third kappa shape index (κ3) is 1.50. The summed E-state index contributed by atoms with van der Waals surface area (Å²) < 4.78 is 0. The average Bonchev–Trinajstić information content (AvgIpc) is 2.58. The minimum absolute atomic E-state index is 0.179. The first-order valence-electron chi connectivity index (χ1n) is 6.72. The van der Waals surface area contributed by atoms with Gasteiger partial charge in [-0.2, -0.15) is 0 Å². The fourth-order valence-corrected chi connectivity index (χ4v) is 3.50. The molecule has 2 aliphatic rings. The Morgan fingerprint density at radius 3 is 2.61 bits per heavy atom. The summed E-state index contributed by atoms with van der Waals surface area (Å²) in [5, 5.41) is 3.09. The van der Waals surface area contributed by atoms with Gasteiger partial charge in [0, 0.05) is 11.7 Å². The highest BCUT2D eigenvalue weighted by Crippen LogP contribution is 2.48. The molecule has 0 unspecified atom stereocenters. The molecule has 1 aromatic carbocycles. The van der Waals surface area contributed by atoms with Crippen molar-refractivity contribution in [3.63, 3.8) is 0 Å². The van der Waals surface area contributed by atoms with Crippen LogP contribution in [0.3, 0.4) is 0 Å². The highest BCUT2D eigenvalue weighted by molar-refractivity contribution is 6.07. The zero-order chi connectivity index (χ0) is 12.9. The Balaban J connectivity index is 2.11. The van der Waals surface area contributed by atoms with E-state index in [0.29, 0.717) is 0 Å². The molecule has 96 valence electrons. The Morgan fingerprint density at radius 2 is 1.94 bits per heavy atom. The molecule has 1 saturated carbocycles. The van der Waals surface area contributed by atoms with Gasteiger partial charge in [0.2, 0.25) is 5.91 Å². The summed E-state index contributed by atoms with van der Waals surface area (Å²) in [6.07, 6.45) is 3.66. The van der Waals surface area contributed by atoms with Gasteiger partial charge >= 0.3 is 0 Å². The summed E-state index contributed by atoms with van der Waals surface area (Å²) in [5.74, 6) is 0.179. The van der Waals surface area contributed by atoms with E-state index in [1.54, 1.807) is 0 Å². The molecule has 1 fully saturated rings. The van der Waals surface area contributed by atoms with Crippen LogP contribution in [-0.4, -0.2) is 11.9 Å². The first kappa shape index (κ1) is 11.7. The lowest BCUT2D eigenvalue weighted by molar-refractivity contribution is -0.122. The average molecular weight is 244 g/mol. The van der Waals surface area contributed by atoms with Crippen LogP contribution in [0.4, 0.5) is 5.69 Å². The lowest BCUT2D eigenvalue weighted by atomic mass is 9.68. The van der Waals surface area contributed by atoms with Crippen molar-refractivity contribution in [3.05, 3.63) is 28.8 Å². The van der Waals surface area contributed by atoms with Crippen molar-refractivity contribution in [1.82, 2.24) is 0 Å². The minimum atomic E-state index is -0.304. The van der Waals surface area contributed by atoms with Gasteiger partial charge in [-0.15, -0.1) is 0 Å². The molecule has 1 aliphatic heterocycles. The maximum absolute atomic E-state index is 12.4. The zero-order valence-corrected chi connectivity index (χ0v) is 11.0. The van der Waals surface area contributed by atoms with Crippen LogP contribution in [0.2, 0.25) is 0 Å². The zero-order valence-electron chi connectivity index (χ0n) is 11.0. The number of nitrogens with one attached hydrogen (secondary N) is 1. The van der Waals surface area contributed by atoms with E-state index in [1.807, 2.05) is 0 Å². The number of hydrogen-bond acceptors (Lipinski definition) is 2. The fourth-order valence-electron chi connectivity index (χ4n) is 3.50. The van der Waals surface area contributed by atoms with Crippen LogP contribution in [0.5, 0.6) is 0 Å². The number of anilines is 1. The lowest BCUT2D eigenvalue weighted by Crippen LogP contribution is -2.41. The Hall–Kier alpha value is -1.35. The molecular formula is C15H20N2O. The van der Waals surface area contributed by atoms with Crippen molar-refractivity contribution in [2.45, 2.75) is 51.0 Å². The summed E-state index contributed by atoms with van der Waals surface area (Å²) >= 11 is 0. The van der Waals surface area contributed by atoms with Gasteiger partial charge in [0.05, 0.1) is 5.41 Å². The number of amides is 1. The maximum Gasteiger partial charge on any atom is 0.235 e. The van der Waals surface area contributed by atoms with Crippen LogP contribution >= 0.6 is 0 Å². The van der Waals surface area contributed by atoms with E-state index in [2.05, 4.69) is 31.3 Å². The monoisotopic (exact) mass is 244 g/mol. The van der Waals surface area contributed by atoms with Crippen LogP contribution in [0.1, 0.15) is 42.4 Å². The highest BCUT2D eigenvalue weighted by atomic mass is 16.2. The van der Waals surface area contributed by atoms with Gasteiger partial charge in [-0.05, 0) is 50.7 Å². The number of aryl methyl sites for hydroxylation is 2. The summed E-state index contributed by atoms with van der Waals surface area (Å²) in [5.41, 5.74) is 10.3. The molecule has 0 bridgehead atoms. The number of carbonyl (C=O) groups excluding carboxylic acids is 1. The molecular weight excluding hydrogens is 224 g/mol. The standard InChI is InChI=1S/C15H20N2O/c1-9-7-10(2)13-12(8-9)15(14(18)17-13)5-3-11(16)4-6-15/h7-8,11H,3-6,16H2,1-2H3,(H,17,18). The number of benzene rings is 1. The predicted octanol–water partition coefficient (Wildman–Crippen LogP) is 2.39. The molecule has 1 spiro atoms. The molecule has 1 aliphatic carbocycles. The van der Waals surface area contributed by atoms with E-state index < -0.39 is 0 Å². The van der Waals surface area contributed by atoms with Gasteiger partial charge in [0.1, 0.15) is 0 Å². The number of carbonyl (C=O) groups is 1. The van der Waals surface area contributed by atoms with Gasteiger partial charge in [0.15, 0.2) is 0 Å². The third-order valence-electron chi connectivity index (χ3n) is 4.55. The lowest BCUT2D eigenvalue weighted by Gasteiger charge is -2.34. The topological polar surface area (TPSA) is 55.1 Å². The summed E-state index contributed by atoms with van der Waals surface area (Å²) in [6, 6.07) is 4.57. The van der Waals surface area contributed by atoms with Gasteiger partial charge in [0.25, 0.3) is 0 Å². The number of rotatable bonds is 0. The van der Waals surface area contributed by atoms with E-state index in [0.717, 1.165) is 31.4 Å². The second kappa shape index (κ2) is 3.82. The molecule has 0 radical (unpaired) electrons. The summed E-state index contributed by atoms with van der Waals surface area (Å²) in [6.45, 7) is 4.16. The van der Waals surface area contributed by atoms with Gasteiger partial charge in [-0.1, -0.05) is 17.7 Å². The third-order valence-corrected chi connectivity index (χ3v) is 4.55. The first-order valence-corrected chi connectivity index (χ1v) is 6.72. The molecule has 3 rings (SSSR count). The number of fused-ring (bicyclic) bond motifs is 2. The van der Waals surface area contributed by atoms with Gasteiger partial charge in [-0.25, -0.2) is 0 Å². The quantitative estimate of drug-likeness (QED) is 0.736. The maximum atomic E-state index is 12.4. The first-order chi connectivity index (χ1) is 8.53. The fraction of sp³-hybridized carbons (Fsp3) is 0.533. The molecule has 0 atom stereocenters. The van der Waals surface area contributed by atoms with Crippen molar-refractivity contribution in [1.29, 1.82) is 0 Å². The molecule has 3 N–H and O–H groups in total. The number of nitrogens with two attached hydrogens (primary N) is 1. The Kier molecular flexibility index (Phi) is 2.49. The summed E-state index contributed by atoms with van der Waals surface area (Å²) in [4.78, 5) is 12.4. The van der Waals surface area contributed by atoms with Crippen LogP contribution in [-0.2, 0) is 10.2 Å². The normalized spacial score (nSPS) is 30.4. The molecule has 1 heterocycles. The van der Waals surface area contributed by atoms with E-state index in [1.165, 1.54) is 16.7 Å². The molecule has 0 aromatic heterocycles. The SMILES string of the molecule is Cc1cc(C)c2c(c1)C1(CCC(N)CC1)C(=O)N2. The predicted molar refractivity (Wildman–Crippen MR) is 72.7 cm³/mol. The minimum Gasteiger partial charge on any atom is -0.328 e. The molecule has 3 nitrogen and oxygen atoms in total. The highest BCUT2D eigenvalue weighted by Gasteiger charge is 2.48. The summed E-state index contributed by atoms with van der Waals surface area (Å²) in [7, 11) is 0. The molecule has 3 heteroatoms. The van der Waals surface area contributed by atoms with E-state index in [-0.39, 0.29) is 17.4 Å². The Morgan fingerprint density at radius 1 is 1.28 bits per heavy atom. The Bertz CT molecular complexity index is 513. The van der Waals surface area contributed by atoms with Gasteiger partial charge in [-0.3, -0.25) is 4.79 Å². The smallest absolute Gasteiger partial charge is 0.235 e. The molecule has 1 amide bonds. The van der Waals surface area contributed by atoms with Crippen molar-refractivity contribution in [2.75, 3.05) is 5.32 Å². The number of hydrogen-bond donors (Lipinski definition) is 2. The van der Waals surface area contributed by atoms with Crippen molar-refractivity contribution >= 4 is 11.6 Å². The molecule has 18 heavy (non-hydrogen) atoms. The second-order valence-electron chi connectivity index (χ2n) is 5.88.